The molecule has 0 saturated heterocycles. The van der Waals surface area contributed by atoms with Crippen molar-refractivity contribution >= 4 is 23.1 Å². The van der Waals surface area contributed by atoms with Gasteiger partial charge < -0.3 is 24.2 Å². The van der Waals surface area contributed by atoms with Gasteiger partial charge in [0.15, 0.2) is 5.76 Å². The molecular weight excluding hydrogens is 444 g/mol. The molecule has 0 aliphatic heterocycles. The zero-order valence-corrected chi connectivity index (χ0v) is 18.7. The molecule has 0 spiro atoms. The Balaban J connectivity index is 1.14. The summed E-state index contributed by atoms with van der Waals surface area (Å²) in [7, 11) is 0. The number of aromatic nitrogens is 2. The summed E-state index contributed by atoms with van der Waals surface area (Å²) in [5, 5.41) is 5.66. The number of furan rings is 1. The second-order valence-electron chi connectivity index (χ2n) is 7.83. The van der Waals surface area contributed by atoms with Gasteiger partial charge in [-0.1, -0.05) is 24.3 Å². The molecule has 0 bridgehead atoms. The second-order valence-corrected chi connectivity index (χ2v) is 7.83. The summed E-state index contributed by atoms with van der Waals surface area (Å²) in [6.07, 6.45) is 5.30. The number of anilines is 1. The van der Waals surface area contributed by atoms with Crippen LogP contribution in [0.4, 0.5) is 5.69 Å². The van der Waals surface area contributed by atoms with E-state index in [-0.39, 0.29) is 17.6 Å². The third kappa shape index (κ3) is 5.39. The first-order valence-corrected chi connectivity index (χ1v) is 11.0. The Hall–Kier alpha value is -4.85. The van der Waals surface area contributed by atoms with Crippen LogP contribution in [-0.4, -0.2) is 21.2 Å². The van der Waals surface area contributed by atoms with Crippen molar-refractivity contribution in [2.75, 3.05) is 5.32 Å². The monoisotopic (exact) mass is 466 g/mol. The van der Waals surface area contributed by atoms with E-state index in [2.05, 4.69) is 15.6 Å². The lowest BCUT2D eigenvalue weighted by Crippen LogP contribution is -2.22. The lowest BCUT2D eigenvalue weighted by Gasteiger charge is -2.09. The summed E-state index contributed by atoms with van der Waals surface area (Å²) >= 11 is 0. The molecule has 2 amide bonds. The van der Waals surface area contributed by atoms with Gasteiger partial charge in [-0.05, 0) is 60.2 Å². The number of carbonyl (C=O) groups is 2. The predicted octanol–water partition coefficient (Wildman–Crippen LogP) is 4.69. The van der Waals surface area contributed by atoms with E-state index in [0.29, 0.717) is 30.2 Å². The molecule has 0 radical (unpaired) electrons. The molecule has 8 heteroatoms. The highest BCUT2D eigenvalue weighted by molar-refractivity contribution is 6.02. The quantitative estimate of drug-likeness (QED) is 0.346. The molecule has 5 aromatic rings. The number of pyridine rings is 1. The minimum atomic E-state index is -0.320. The topological polar surface area (TPSA) is 97.9 Å². The Bertz CT molecular complexity index is 1420. The molecule has 0 fully saturated rings. The molecular formula is C27H22N4O4. The van der Waals surface area contributed by atoms with E-state index in [4.69, 9.17) is 9.15 Å². The van der Waals surface area contributed by atoms with Crippen LogP contribution in [0.15, 0.2) is 102 Å². The molecule has 5 rings (SSSR count). The van der Waals surface area contributed by atoms with E-state index in [1.165, 1.54) is 6.26 Å². The average Bonchev–Trinajstić information content (AvgIpc) is 3.57. The van der Waals surface area contributed by atoms with Gasteiger partial charge in [0, 0.05) is 30.2 Å². The summed E-state index contributed by atoms with van der Waals surface area (Å²) in [6.45, 7) is 0.646. The van der Waals surface area contributed by atoms with Gasteiger partial charge in [0.25, 0.3) is 11.8 Å². The number of hydrogen-bond donors (Lipinski definition) is 2. The first-order chi connectivity index (χ1) is 17.1. The van der Waals surface area contributed by atoms with Crippen molar-refractivity contribution in [1.29, 1.82) is 0 Å². The fourth-order valence-electron chi connectivity index (χ4n) is 3.53. The van der Waals surface area contributed by atoms with Crippen molar-refractivity contribution in [1.82, 2.24) is 14.7 Å². The zero-order chi connectivity index (χ0) is 24.0. The molecule has 0 unspecified atom stereocenters. The van der Waals surface area contributed by atoms with E-state index < -0.39 is 0 Å². The van der Waals surface area contributed by atoms with Gasteiger partial charge >= 0.3 is 0 Å². The molecule has 2 N–H and O–H groups in total. The van der Waals surface area contributed by atoms with Gasteiger partial charge in [-0.25, -0.2) is 4.98 Å². The zero-order valence-electron chi connectivity index (χ0n) is 18.7. The summed E-state index contributed by atoms with van der Waals surface area (Å²) < 4.78 is 12.9. The minimum Gasteiger partial charge on any atom is -0.487 e. The van der Waals surface area contributed by atoms with Crippen molar-refractivity contribution in [3.05, 3.63) is 120 Å². The van der Waals surface area contributed by atoms with E-state index in [0.717, 1.165) is 16.9 Å². The largest absolute Gasteiger partial charge is 0.487 e. The molecule has 8 nitrogen and oxygen atoms in total. The molecule has 0 saturated carbocycles. The number of benzene rings is 2. The maximum absolute atomic E-state index is 12.7. The van der Waals surface area contributed by atoms with Gasteiger partial charge in [0.05, 0.1) is 12.0 Å². The number of amides is 2. The molecule has 3 heterocycles. The Morgan fingerprint density at radius 1 is 0.943 bits per heavy atom. The van der Waals surface area contributed by atoms with Crippen molar-refractivity contribution < 1.29 is 18.7 Å². The smallest absolute Gasteiger partial charge is 0.291 e. The van der Waals surface area contributed by atoms with E-state index in [9.17, 15) is 9.59 Å². The fourth-order valence-corrected chi connectivity index (χ4v) is 3.53. The number of nitrogens with one attached hydrogen (secondary N) is 2. The normalized spacial score (nSPS) is 10.7. The van der Waals surface area contributed by atoms with Crippen LogP contribution in [0.2, 0.25) is 0 Å². The number of nitrogens with zero attached hydrogens (tertiary/aromatic N) is 2. The van der Waals surface area contributed by atoms with Crippen LogP contribution < -0.4 is 15.4 Å². The number of imidazole rings is 1. The predicted molar refractivity (Wildman–Crippen MR) is 130 cm³/mol. The highest BCUT2D eigenvalue weighted by atomic mass is 16.5. The number of fused-ring (bicyclic) bond motifs is 1. The van der Waals surface area contributed by atoms with Crippen LogP contribution in [0.3, 0.4) is 0 Å². The molecule has 2 aromatic carbocycles. The standard InChI is InChI=1S/C27H22N4O4/c32-26(28-16-19-9-11-21(12-10-19)30-27(33)24-7-4-14-34-24)20-5-3-6-23(15-20)35-18-22-17-31-13-2-1-8-25(31)29-22/h1-15,17H,16,18H2,(H,28,32)(H,30,33). The van der Waals surface area contributed by atoms with Gasteiger partial charge in [0.1, 0.15) is 18.0 Å². The van der Waals surface area contributed by atoms with Gasteiger partial charge in [-0.3, -0.25) is 9.59 Å². The summed E-state index contributed by atoms with van der Waals surface area (Å²) in [6, 6.07) is 23.3. The molecule has 3 aromatic heterocycles. The van der Waals surface area contributed by atoms with Crippen molar-refractivity contribution in [2.45, 2.75) is 13.2 Å². The average molecular weight is 466 g/mol. The van der Waals surface area contributed by atoms with Crippen molar-refractivity contribution in [2.24, 2.45) is 0 Å². The Kier molecular flexibility index (Phi) is 6.25. The van der Waals surface area contributed by atoms with Crippen LogP contribution >= 0.6 is 0 Å². The maximum atomic E-state index is 12.7. The van der Waals surface area contributed by atoms with Gasteiger partial charge in [-0.2, -0.15) is 0 Å². The molecule has 0 aliphatic carbocycles. The van der Waals surface area contributed by atoms with E-state index in [1.54, 1.807) is 42.5 Å². The van der Waals surface area contributed by atoms with Crippen LogP contribution in [0.1, 0.15) is 32.2 Å². The lowest BCUT2D eigenvalue weighted by molar-refractivity contribution is 0.0949. The SMILES string of the molecule is O=C(NCc1ccc(NC(=O)c2ccco2)cc1)c1cccc(OCc2cn3ccccc3n2)c1. The van der Waals surface area contributed by atoms with Crippen LogP contribution in [-0.2, 0) is 13.2 Å². The first-order valence-electron chi connectivity index (χ1n) is 11.0. The van der Waals surface area contributed by atoms with Gasteiger partial charge in [0.2, 0.25) is 0 Å². The number of hydrogen-bond acceptors (Lipinski definition) is 5. The molecule has 0 atom stereocenters. The highest BCUT2D eigenvalue weighted by Crippen LogP contribution is 2.16. The molecule has 0 aliphatic rings. The number of ether oxygens (including phenoxy) is 1. The summed E-state index contributed by atoms with van der Waals surface area (Å²) in [5.74, 6) is 0.301. The third-order valence-electron chi connectivity index (χ3n) is 5.31. The summed E-state index contributed by atoms with van der Waals surface area (Å²) in [5.41, 5.74) is 3.69. The van der Waals surface area contributed by atoms with Crippen LogP contribution in [0, 0.1) is 0 Å². The van der Waals surface area contributed by atoms with Crippen LogP contribution in [0.5, 0.6) is 5.75 Å². The lowest BCUT2D eigenvalue weighted by atomic mass is 10.1. The number of rotatable bonds is 8. The van der Waals surface area contributed by atoms with Crippen LogP contribution in [0.25, 0.3) is 5.65 Å². The number of carbonyl (C=O) groups excluding carboxylic acids is 2. The van der Waals surface area contributed by atoms with E-state index in [1.807, 2.05) is 53.2 Å². The summed E-state index contributed by atoms with van der Waals surface area (Å²) in [4.78, 5) is 29.2. The fraction of sp³-hybridized carbons (Fsp3) is 0.0741. The Morgan fingerprint density at radius 3 is 2.63 bits per heavy atom. The first kappa shape index (κ1) is 22.0. The second kappa shape index (κ2) is 9.96. The van der Waals surface area contributed by atoms with E-state index >= 15 is 0 Å². The Labute approximate surface area is 201 Å². The molecule has 35 heavy (non-hydrogen) atoms. The third-order valence-corrected chi connectivity index (χ3v) is 5.31. The van der Waals surface area contributed by atoms with Gasteiger partial charge in [-0.15, -0.1) is 0 Å². The van der Waals surface area contributed by atoms with Crippen molar-refractivity contribution in [3.8, 4) is 5.75 Å². The van der Waals surface area contributed by atoms with Crippen molar-refractivity contribution in [3.63, 3.8) is 0 Å². The minimum absolute atomic E-state index is 0.210. The maximum Gasteiger partial charge on any atom is 0.291 e. The Morgan fingerprint density at radius 2 is 1.83 bits per heavy atom. The highest BCUT2D eigenvalue weighted by Gasteiger charge is 2.10. The molecule has 174 valence electrons.